The number of aryl methyl sites for hydroxylation is 2. The molecular weight excluding hydrogens is 430 g/mol. The lowest BCUT2D eigenvalue weighted by Gasteiger charge is -2.18. The van der Waals surface area contributed by atoms with Crippen molar-refractivity contribution in [1.29, 1.82) is 0 Å². The minimum Gasteiger partial charge on any atom is -0.352 e. The molecule has 2 aromatic rings. The third-order valence-corrected chi connectivity index (χ3v) is 7.59. The van der Waals surface area contributed by atoms with Crippen molar-refractivity contribution < 1.29 is 13.2 Å². The van der Waals surface area contributed by atoms with Gasteiger partial charge in [0.05, 0.1) is 4.90 Å². The highest BCUT2D eigenvalue weighted by atomic mass is 32.2. The second-order valence-electron chi connectivity index (χ2n) is 7.67. The summed E-state index contributed by atoms with van der Waals surface area (Å²) in [5, 5.41) is 7.18. The lowest BCUT2D eigenvalue weighted by molar-refractivity contribution is -0.116. The molecule has 0 fully saturated rings. The highest BCUT2D eigenvalue weighted by Crippen LogP contribution is 2.16. The van der Waals surface area contributed by atoms with Crippen LogP contribution in [0.1, 0.15) is 44.5 Å². The monoisotopic (exact) mass is 461 g/mol. The van der Waals surface area contributed by atoms with E-state index in [2.05, 4.69) is 10.4 Å². The van der Waals surface area contributed by atoms with Crippen LogP contribution in [-0.2, 0) is 34.3 Å². The summed E-state index contributed by atoms with van der Waals surface area (Å²) in [6, 6.07) is 6.45. The quantitative estimate of drug-likeness (QED) is 0.428. The maximum absolute atomic E-state index is 12.5. The minimum absolute atomic E-state index is 0.0719. The molecule has 0 aliphatic carbocycles. The van der Waals surface area contributed by atoms with Crippen LogP contribution in [0.25, 0.3) is 6.08 Å². The molecule has 9 nitrogen and oxygen atoms in total. The molecule has 10 heteroatoms. The molecule has 32 heavy (non-hydrogen) atoms. The van der Waals surface area contributed by atoms with Gasteiger partial charge >= 0.3 is 5.69 Å². The van der Waals surface area contributed by atoms with Crippen molar-refractivity contribution in [2.45, 2.75) is 57.5 Å². The Hall–Kier alpha value is -2.72. The molecule has 1 aliphatic rings. The first-order valence-electron chi connectivity index (χ1n) is 11.1. The molecule has 174 valence electrons. The fourth-order valence-corrected chi connectivity index (χ4v) is 5.19. The van der Waals surface area contributed by atoms with Gasteiger partial charge in [0.1, 0.15) is 5.82 Å². The summed E-state index contributed by atoms with van der Waals surface area (Å²) in [6.07, 6.45) is 6.56. The second kappa shape index (κ2) is 10.7. The van der Waals surface area contributed by atoms with Crippen LogP contribution in [0.5, 0.6) is 0 Å². The maximum Gasteiger partial charge on any atom is 0.345 e. The SMILES string of the molecule is CCN(CC)S(=O)(=O)c1ccc(/C=C/C(=O)NCCCn2nc3n(c2=O)CCCC3)cc1. The van der Waals surface area contributed by atoms with E-state index in [1.54, 1.807) is 48.8 Å². The number of amides is 1. The maximum atomic E-state index is 12.5. The van der Waals surface area contributed by atoms with Gasteiger partial charge in [0.2, 0.25) is 15.9 Å². The molecule has 3 rings (SSSR count). The van der Waals surface area contributed by atoms with Crippen molar-refractivity contribution in [3.8, 4) is 0 Å². The van der Waals surface area contributed by atoms with Gasteiger partial charge in [-0.1, -0.05) is 26.0 Å². The van der Waals surface area contributed by atoms with Gasteiger partial charge in [-0.2, -0.15) is 9.40 Å². The van der Waals surface area contributed by atoms with Gasteiger partial charge in [-0.25, -0.2) is 17.9 Å². The molecule has 0 bridgehead atoms. The Morgan fingerprint density at radius 1 is 1.19 bits per heavy atom. The van der Waals surface area contributed by atoms with Crippen LogP contribution in [0.15, 0.2) is 40.0 Å². The summed E-state index contributed by atoms with van der Waals surface area (Å²) in [4.78, 5) is 24.6. The third-order valence-electron chi connectivity index (χ3n) is 5.53. The molecule has 1 aliphatic heterocycles. The number of nitrogens with one attached hydrogen (secondary N) is 1. The Labute approximate surface area is 188 Å². The highest BCUT2D eigenvalue weighted by Gasteiger charge is 2.21. The van der Waals surface area contributed by atoms with Crippen molar-refractivity contribution in [2.75, 3.05) is 19.6 Å². The highest BCUT2D eigenvalue weighted by molar-refractivity contribution is 7.89. The molecule has 0 radical (unpaired) electrons. The molecule has 2 heterocycles. The van der Waals surface area contributed by atoms with Crippen LogP contribution in [0.4, 0.5) is 0 Å². The van der Waals surface area contributed by atoms with Crippen LogP contribution in [0.3, 0.4) is 0 Å². The number of aromatic nitrogens is 3. The smallest absolute Gasteiger partial charge is 0.345 e. The fourth-order valence-electron chi connectivity index (χ4n) is 3.73. The molecule has 1 amide bonds. The summed E-state index contributed by atoms with van der Waals surface area (Å²) in [6.45, 7) is 6.06. The first-order valence-corrected chi connectivity index (χ1v) is 12.5. The van der Waals surface area contributed by atoms with E-state index >= 15 is 0 Å². The van der Waals surface area contributed by atoms with E-state index in [0.29, 0.717) is 32.6 Å². The third kappa shape index (κ3) is 5.55. The average Bonchev–Trinajstić information content (AvgIpc) is 3.12. The number of benzene rings is 1. The Bertz CT molecular complexity index is 1110. The Morgan fingerprint density at radius 3 is 2.56 bits per heavy atom. The van der Waals surface area contributed by atoms with Gasteiger partial charge in [-0.3, -0.25) is 9.36 Å². The van der Waals surface area contributed by atoms with E-state index in [-0.39, 0.29) is 16.5 Å². The molecule has 1 aromatic heterocycles. The normalized spacial score (nSPS) is 14.1. The van der Waals surface area contributed by atoms with Crippen molar-refractivity contribution in [3.63, 3.8) is 0 Å². The lowest BCUT2D eigenvalue weighted by atomic mass is 10.2. The van der Waals surface area contributed by atoms with Gasteiger partial charge in [0.15, 0.2) is 0 Å². The van der Waals surface area contributed by atoms with Crippen molar-refractivity contribution in [1.82, 2.24) is 24.0 Å². The number of carbonyl (C=O) groups is 1. The van der Waals surface area contributed by atoms with Gasteiger partial charge in [0.25, 0.3) is 0 Å². The first-order chi connectivity index (χ1) is 15.4. The van der Waals surface area contributed by atoms with Crippen LogP contribution in [-0.4, -0.2) is 52.6 Å². The predicted octanol–water partition coefficient (Wildman–Crippen LogP) is 1.63. The molecule has 1 N–H and O–H groups in total. The molecule has 0 unspecified atom stereocenters. The van der Waals surface area contributed by atoms with Gasteiger partial charge < -0.3 is 5.32 Å². The predicted molar refractivity (Wildman–Crippen MR) is 123 cm³/mol. The van der Waals surface area contributed by atoms with E-state index in [0.717, 1.165) is 37.2 Å². The Morgan fingerprint density at radius 2 is 1.91 bits per heavy atom. The zero-order chi connectivity index (χ0) is 23.1. The van der Waals surface area contributed by atoms with Crippen LogP contribution >= 0.6 is 0 Å². The van der Waals surface area contributed by atoms with Gasteiger partial charge in [-0.15, -0.1) is 0 Å². The lowest BCUT2D eigenvalue weighted by Crippen LogP contribution is -2.30. The van der Waals surface area contributed by atoms with Gasteiger partial charge in [0, 0.05) is 45.2 Å². The van der Waals surface area contributed by atoms with Crippen LogP contribution < -0.4 is 11.0 Å². The van der Waals surface area contributed by atoms with Crippen molar-refractivity contribution >= 4 is 22.0 Å². The van der Waals surface area contributed by atoms with E-state index < -0.39 is 10.0 Å². The number of carbonyl (C=O) groups excluding carboxylic acids is 1. The Balaban J connectivity index is 1.47. The number of fused-ring (bicyclic) bond motifs is 1. The average molecular weight is 462 g/mol. The summed E-state index contributed by atoms with van der Waals surface area (Å²) in [5.41, 5.74) is 0.658. The Kier molecular flexibility index (Phi) is 8.03. The van der Waals surface area contributed by atoms with E-state index in [1.807, 2.05) is 0 Å². The molecular formula is C22H31N5O4S. The van der Waals surface area contributed by atoms with Crippen molar-refractivity contribution in [3.05, 3.63) is 52.2 Å². The summed E-state index contributed by atoms with van der Waals surface area (Å²) in [5.74, 6) is 0.602. The summed E-state index contributed by atoms with van der Waals surface area (Å²) < 4.78 is 29.7. The van der Waals surface area contributed by atoms with E-state index in [4.69, 9.17) is 0 Å². The standard InChI is InChI=1S/C22H31N5O4S/c1-3-25(4-2)32(30,31)19-12-9-18(10-13-19)11-14-21(28)23-15-7-17-27-22(29)26-16-6-5-8-20(26)24-27/h9-14H,3-8,15-17H2,1-2H3,(H,23,28)/b14-11+. The number of hydrogen-bond donors (Lipinski definition) is 1. The summed E-state index contributed by atoms with van der Waals surface area (Å²) >= 11 is 0. The van der Waals surface area contributed by atoms with Gasteiger partial charge in [-0.05, 0) is 43.0 Å². The molecule has 1 aromatic carbocycles. The fraction of sp³-hybridized carbons (Fsp3) is 0.500. The number of sulfonamides is 1. The number of nitrogens with zero attached hydrogens (tertiary/aromatic N) is 4. The van der Waals surface area contributed by atoms with Crippen molar-refractivity contribution in [2.24, 2.45) is 0 Å². The zero-order valence-electron chi connectivity index (χ0n) is 18.7. The number of hydrogen-bond acceptors (Lipinski definition) is 5. The molecule has 0 atom stereocenters. The van der Waals surface area contributed by atoms with Crippen LogP contribution in [0.2, 0.25) is 0 Å². The minimum atomic E-state index is -3.49. The molecule has 0 saturated carbocycles. The largest absolute Gasteiger partial charge is 0.352 e. The molecule has 0 spiro atoms. The van der Waals surface area contributed by atoms with Crippen LogP contribution in [0, 0.1) is 0 Å². The number of rotatable bonds is 10. The van der Waals surface area contributed by atoms with E-state index in [9.17, 15) is 18.0 Å². The van der Waals surface area contributed by atoms with E-state index in [1.165, 1.54) is 15.1 Å². The zero-order valence-corrected chi connectivity index (χ0v) is 19.5. The first kappa shape index (κ1) is 23.9. The summed E-state index contributed by atoms with van der Waals surface area (Å²) in [7, 11) is -3.49. The topological polar surface area (TPSA) is 106 Å². The second-order valence-corrected chi connectivity index (χ2v) is 9.60. The molecule has 0 saturated heterocycles.